The molecule has 0 rings (SSSR count). The van der Waals surface area contributed by atoms with E-state index in [1.165, 1.54) is 0 Å². The topological polar surface area (TPSA) is 92.6 Å². The number of nitrogens with zero attached hydrogens (tertiary/aromatic N) is 1. The van der Waals surface area contributed by atoms with Crippen LogP contribution in [0.1, 0.15) is 20.3 Å². The molecule has 0 aliphatic carbocycles. The van der Waals surface area contributed by atoms with Crippen LogP contribution in [-0.4, -0.2) is 44.3 Å². The third-order valence-corrected chi connectivity index (χ3v) is 2.02. The van der Waals surface area contributed by atoms with Crippen LogP contribution < -0.4 is 6.15 Å². The smallest absolute Gasteiger partial charge is 0.264 e. The monoisotopic (exact) mass is 214 g/mol. The van der Waals surface area contributed by atoms with Crippen LogP contribution in [0.25, 0.3) is 0 Å². The molecule has 0 aliphatic rings. The Morgan fingerprint density at radius 3 is 1.54 bits per heavy atom. The molecule has 6 heteroatoms. The average Bonchev–Trinajstić information content (AvgIpc) is 1.86. The summed E-state index contributed by atoms with van der Waals surface area (Å²) in [6, 6.07) is 0. The highest BCUT2D eigenvalue weighted by Crippen LogP contribution is 1.83. The Hall–Kier alpha value is -0.170. The summed E-state index contributed by atoms with van der Waals surface area (Å²) in [5.74, 6) is -0.132. The molecule has 0 bridgehead atoms. The van der Waals surface area contributed by atoms with E-state index in [0.29, 0.717) is 6.42 Å². The Bertz CT molecular complexity index is 178. The zero-order valence-corrected chi connectivity index (χ0v) is 9.76. The zero-order chi connectivity index (χ0) is 10.2. The summed E-state index contributed by atoms with van der Waals surface area (Å²) >= 11 is 0. The van der Waals surface area contributed by atoms with Crippen LogP contribution in [0.4, 0.5) is 0 Å². The van der Waals surface area contributed by atoms with Crippen molar-refractivity contribution in [1.29, 1.82) is 0 Å². The van der Waals surface area contributed by atoms with Gasteiger partial charge in [-0.1, -0.05) is 13.8 Å². The summed E-state index contributed by atoms with van der Waals surface area (Å²) in [7, 11) is 0.437. The minimum atomic E-state index is -3.67. The van der Waals surface area contributed by atoms with Crippen molar-refractivity contribution in [3.05, 3.63) is 0 Å². The molecule has 0 aromatic rings. The predicted octanol–water partition coefficient (Wildman–Crippen LogP) is 1.01. The van der Waals surface area contributed by atoms with E-state index in [9.17, 15) is 8.42 Å². The van der Waals surface area contributed by atoms with Crippen LogP contribution >= 0.6 is 0 Å². The lowest BCUT2D eigenvalue weighted by atomic mass is 10.6. The summed E-state index contributed by atoms with van der Waals surface area (Å²) in [5, 5.41) is 0. The predicted molar refractivity (Wildman–Crippen MR) is 56.0 cm³/mol. The van der Waals surface area contributed by atoms with Crippen molar-refractivity contribution < 1.29 is 13.0 Å². The minimum Gasteiger partial charge on any atom is -0.344 e. The van der Waals surface area contributed by atoms with Gasteiger partial charge in [0.1, 0.15) is 0 Å². The van der Waals surface area contributed by atoms with Gasteiger partial charge in [0.05, 0.1) is 5.75 Å². The molecule has 0 fully saturated rings. The zero-order valence-electron chi connectivity index (χ0n) is 8.95. The molecule has 0 spiro atoms. The van der Waals surface area contributed by atoms with Gasteiger partial charge in [0.25, 0.3) is 10.1 Å². The van der Waals surface area contributed by atoms with Crippen LogP contribution in [0, 0.1) is 0 Å². The molecule has 0 aromatic carbocycles. The molecule has 0 saturated carbocycles. The standard InChI is InChI=1S/C4H11N.C3H8O3S.H3N/c1-4-5(2)3;1-2-3-7(4,5)6;/h4H2,1-3H3;2-3H2,1H3,(H,4,5,6);1H3. The highest BCUT2D eigenvalue weighted by atomic mass is 32.2. The van der Waals surface area contributed by atoms with E-state index >= 15 is 0 Å². The number of hydrogen-bond donors (Lipinski definition) is 2. The summed E-state index contributed by atoms with van der Waals surface area (Å²) in [4.78, 5) is 2.12. The fourth-order valence-corrected chi connectivity index (χ4v) is 0.774. The molecule has 0 heterocycles. The van der Waals surface area contributed by atoms with Crippen molar-refractivity contribution in [2.24, 2.45) is 0 Å². The lowest BCUT2D eigenvalue weighted by Gasteiger charge is -2.00. The third kappa shape index (κ3) is 33.6. The average molecular weight is 214 g/mol. The summed E-state index contributed by atoms with van der Waals surface area (Å²) < 4.78 is 27.6. The highest BCUT2D eigenvalue weighted by molar-refractivity contribution is 7.85. The molecule has 5 nitrogen and oxygen atoms in total. The first-order valence-electron chi connectivity index (χ1n) is 3.93. The molecule has 0 aliphatic heterocycles. The molecule has 0 unspecified atom stereocenters. The van der Waals surface area contributed by atoms with Gasteiger partial charge in [-0.3, -0.25) is 4.55 Å². The van der Waals surface area contributed by atoms with E-state index in [1.54, 1.807) is 6.92 Å². The third-order valence-electron chi connectivity index (χ3n) is 1.09. The molecule has 0 saturated heterocycles. The van der Waals surface area contributed by atoms with Crippen molar-refractivity contribution in [2.75, 3.05) is 26.4 Å². The second-order valence-electron chi connectivity index (χ2n) is 2.68. The first kappa shape index (κ1) is 18.6. The van der Waals surface area contributed by atoms with Crippen molar-refractivity contribution in [2.45, 2.75) is 20.3 Å². The van der Waals surface area contributed by atoms with E-state index in [2.05, 4.69) is 25.9 Å². The number of hydrogen-bond acceptors (Lipinski definition) is 4. The Kier molecular flexibility index (Phi) is 14.2. The molecular formula is C7H22N2O3S. The molecule has 0 amide bonds. The first-order valence-corrected chi connectivity index (χ1v) is 5.54. The van der Waals surface area contributed by atoms with Gasteiger partial charge in [-0.25, -0.2) is 0 Å². The number of rotatable bonds is 3. The molecule has 0 aromatic heterocycles. The van der Waals surface area contributed by atoms with Crippen LogP contribution in [0.3, 0.4) is 0 Å². The van der Waals surface area contributed by atoms with Gasteiger partial charge >= 0.3 is 0 Å². The van der Waals surface area contributed by atoms with Gasteiger partial charge in [0, 0.05) is 0 Å². The van der Waals surface area contributed by atoms with E-state index < -0.39 is 10.1 Å². The van der Waals surface area contributed by atoms with Crippen molar-refractivity contribution in [3.8, 4) is 0 Å². The normalized spacial score (nSPS) is 10.0. The lowest BCUT2D eigenvalue weighted by molar-refractivity contribution is 0.434. The summed E-state index contributed by atoms with van der Waals surface area (Å²) in [6.45, 7) is 4.95. The Labute approximate surface area is 81.5 Å². The van der Waals surface area contributed by atoms with Crippen LogP contribution in [0.15, 0.2) is 0 Å². The SMILES string of the molecule is CCCS(=O)(=O)O.CCN(C)C.N. The van der Waals surface area contributed by atoms with E-state index in [0.717, 1.165) is 6.54 Å². The highest BCUT2D eigenvalue weighted by Gasteiger charge is 1.98. The second-order valence-corrected chi connectivity index (χ2v) is 4.25. The molecular weight excluding hydrogens is 192 g/mol. The Morgan fingerprint density at radius 1 is 1.23 bits per heavy atom. The fourth-order valence-electron chi connectivity index (χ4n) is 0.258. The van der Waals surface area contributed by atoms with E-state index in [-0.39, 0.29) is 11.9 Å². The Morgan fingerprint density at radius 2 is 1.54 bits per heavy atom. The molecule has 0 atom stereocenters. The van der Waals surface area contributed by atoms with Gasteiger partial charge < -0.3 is 11.1 Å². The van der Waals surface area contributed by atoms with Crippen molar-refractivity contribution in [3.63, 3.8) is 0 Å². The molecule has 4 N–H and O–H groups in total. The van der Waals surface area contributed by atoms with E-state index in [4.69, 9.17) is 4.55 Å². The molecule has 13 heavy (non-hydrogen) atoms. The van der Waals surface area contributed by atoms with Gasteiger partial charge in [0.15, 0.2) is 0 Å². The quantitative estimate of drug-likeness (QED) is 0.684. The first-order chi connectivity index (χ1) is 5.33. The largest absolute Gasteiger partial charge is 0.344 e. The second kappa shape index (κ2) is 9.91. The van der Waals surface area contributed by atoms with E-state index in [1.807, 2.05) is 0 Å². The maximum Gasteiger partial charge on any atom is 0.264 e. The van der Waals surface area contributed by atoms with Gasteiger partial charge in [-0.2, -0.15) is 8.42 Å². The molecule has 84 valence electrons. The van der Waals surface area contributed by atoms with Crippen molar-refractivity contribution >= 4 is 10.1 Å². The summed E-state index contributed by atoms with van der Waals surface area (Å²) in [5.41, 5.74) is 0. The van der Waals surface area contributed by atoms with Gasteiger partial charge in [-0.15, -0.1) is 0 Å². The Balaban J connectivity index is -0.000000150. The van der Waals surface area contributed by atoms with Crippen LogP contribution in [0.5, 0.6) is 0 Å². The van der Waals surface area contributed by atoms with Crippen LogP contribution in [0.2, 0.25) is 0 Å². The lowest BCUT2D eigenvalue weighted by Crippen LogP contribution is -2.08. The summed E-state index contributed by atoms with van der Waals surface area (Å²) in [6.07, 6.45) is 0.471. The van der Waals surface area contributed by atoms with Gasteiger partial charge in [-0.05, 0) is 27.1 Å². The fraction of sp³-hybridized carbons (Fsp3) is 1.00. The maximum absolute atomic E-state index is 9.79. The van der Waals surface area contributed by atoms with Crippen LogP contribution in [-0.2, 0) is 10.1 Å². The van der Waals surface area contributed by atoms with Gasteiger partial charge in [0.2, 0.25) is 0 Å². The van der Waals surface area contributed by atoms with Crippen molar-refractivity contribution in [1.82, 2.24) is 11.1 Å². The molecule has 0 radical (unpaired) electrons. The minimum absolute atomic E-state index is 0. The maximum atomic E-state index is 9.79.